The number of benzene rings is 1. The maximum absolute atomic E-state index is 12.3. The minimum Gasteiger partial charge on any atom is -0.462 e. The van der Waals surface area contributed by atoms with Gasteiger partial charge in [0.2, 0.25) is 11.8 Å². The summed E-state index contributed by atoms with van der Waals surface area (Å²) in [5.41, 5.74) is 1.95. The maximum Gasteiger partial charge on any atom is 0.248 e. The number of rotatable bonds is 6. The van der Waals surface area contributed by atoms with Crippen LogP contribution in [0.1, 0.15) is 28.6 Å². The van der Waals surface area contributed by atoms with Crippen LogP contribution in [0.2, 0.25) is 0 Å². The van der Waals surface area contributed by atoms with Crippen molar-refractivity contribution in [2.24, 2.45) is 0 Å². The first-order chi connectivity index (χ1) is 13.9. The molecule has 3 rings (SSSR count). The van der Waals surface area contributed by atoms with E-state index in [-0.39, 0.29) is 11.8 Å². The van der Waals surface area contributed by atoms with Crippen molar-refractivity contribution in [3.05, 3.63) is 83.2 Å². The zero-order valence-corrected chi connectivity index (χ0v) is 16.5. The summed E-state index contributed by atoms with van der Waals surface area (Å²) < 4.78 is 10.8. The fraction of sp³-hybridized carbons (Fsp3) is 0.130. The van der Waals surface area contributed by atoms with Crippen LogP contribution in [0.25, 0.3) is 12.2 Å². The van der Waals surface area contributed by atoms with E-state index in [1.807, 2.05) is 39.0 Å². The number of anilines is 2. The molecule has 2 N–H and O–H groups in total. The summed E-state index contributed by atoms with van der Waals surface area (Å²) in [7, 11) is 0. The SMILES string of the molecule is Cc1ccc(NC(=O)C=Cc2ccc(C)o2)c(NC(=O)C=Cc2ccc(C)o2)c1. The molecule has 148 valence electrons. The predicted molar refractivity (Wildman–Crippen MR) is 113 cm³/mol. The molecular formula is C23H22N2O4. The van der Waals surface area contributed by atoms with Gasteiger partial charge in [-0.15, -0.1) is 0 Å². The molecule has 2 amide bonds. The highest BCUT2D eigenvalue weighted by Crippen LogP contribution is 2.23. The molecule has 0 fully saturated rings. The summed E-state index contributed by atoms with van der Waals surface area (Å²) in [6, 6.07) is 12.6. The molecule has 6 nitrogen and oxygen atoms in total. The Morgan fingerprint density at radius 3 is 1.72 bits per heavy atom. The molecule has 0 bridgehead atoms. The maximum atomic E-state index is 12.3. The standard InChI is InChI=1S/C23H22N2O4/c1-15-4-11-20(24-22(26)12-9-18-7-5-16(2)28-18)21(14-15)25-23(27)13-10-19-8-6-17(3)29-19/h4-14H,1-3H3,(H,24,26)(H,25,27). The lowest BCUT2D eigenvalue weighted by Crippen LogP contribution is -2.13. The number of nitrogens with one attached hydrogen (secondary N) is 2. The number of carbonyl (C=O) groups excluding carboxylic acids is 2. The summed E-state index contributed by atoms with van der Waals surface area (Å²) in [5.74, 6) is 2.06. The molecular weight excluding hydrogens is 368 g/mol. The molecule has 2 aromatic heterocycles. The molecule has 2 heterocycles. The summed E-state index contributed by atoms with van der Waals surface area (Å²) in [6.45, 7) is 5.57. The van der Waals surface area contributed by atoms with Crippen molar-refractivity contribution in [3.8, 4) is 0 Å². The van der Waals surface area contributed by atoms with Gasteiger partial charge in [-0.2, -0.15) is 0 Å². The Labute approximate surface area is 168 Å². The number of amides is 2. The number of hydrogen-bond donors (Lipinski definition) is 2. The van der Waals surface area contributed by atoms with Crippen molar-refractivity contribution in [2.75, 3.05) is 10.6 Å². The van der Waals surface area contributed by atoms with Gasteiger partial charge < -0.3 is 19.5 Å². The summed E-state index contributed by atoms with van der Waals surface area (Å²) in [4.78, 5) is 24.5. The monoisotopic (exact) mass is 390 g/mol. The van der Waals surface area contributed by atoms with Gasteiger partial charge in [-0.1, -0.05) is 6.07 Å². The number of furan rings is 2. The van der Waals surface area contributed by atoms with Crippen molar-refractivity contribution in [3.63, 3.8) is 0 Å². The highest BCUT2D eigenvalue weighted by Gasteiger charge is 2.08. The normalized spacial score (nSPS) is 11.3. The topological polar surface area (TPSA) is 84.5 Å². The van der Waals surface area contributed by atoms with E-state index in [1.54, 1.807) is 36.4 Å². The average Bonchev–Trinajstić information content (AvgIpc) is 3.28. The predicted octanol–water partition coefficient (Wildman–Crippen LogP) is 5.10. The van der Waals surface area contributed by atoms with Crippen LogP contribution in [-0.4, -0.2) is 11.8 Å². The van der Waals surface area contributed by atoms with E-state index in [1.165, 1.54) is 12.2 Å². The third kappa shape index (κ3) is 5.84. The quantitative estimate of drug-likeness (QED) is 0.574. The molecule has 3 aromatic rings. The second-order valence-corrected chi connectivity index (χ2v) is 6.59. The van der Waals surface area contributed by atoms with Crippen molar-refractivity contribution in [2.45, 2.75) is 20.8 Å². The molecule has 0 saturated heterocycles. The first-order valence-electron chi connectivity index (χ1n) is 9.11. The van der Waals surface area contributed by atoms with Crippen LogP contribution >= 0.6 is 0 Å². The Bertz CT molecular complexity index is 1090. The van der Waals surface area contributed by atoms with Crippen LogP contribution in [-0.2, 0) is 9.59 Å². The summed E-state index contributed by atoms with van der Waals surface area (Å²) in [6.07, 6.45) is 5.93. The van der Waals surface area contributed by atoms with Crippen molar-refractivity contribution >= 4 is 35.3 Å². The van der Waals surface area contributed by atoms with Gasteiger partial charge >= 0.3 is 0 Å². The zero-order valence-electron chi connectivity index (χ0n) is 16.5. The smallest absolute Gasteiger partial charge is 0.248 e. The van der Waals surface area contributed by atoms with Gasteiger partial charge in [0.05, 0.1) is 11.4 Å². The van der Waals surface area contributed by atoms with Gasteiger partial charge in [0.1, 0.15) is 23.0 Å². The van der Waals surface area contributed by atoms with Crippen molar-refractivity contribution < 1.29 is 18.4 Å². The molecule has 6 heteroatoms. The average molecular weight is 390 g/mol. The molecule has 0 aliphatic carbocycles. The highest BCUT2D eigenvalue weighted by atomic mass is 16.3. The summed E-state index contributed by atoms with van der Waals surface area (Å²) >= 11 is 0. The Kier molecular flexibility index (Phi) is 6.14. The Hall–Kier alpha value is -3.80. The Morgan fingerprint density at radius 2 is 1.24 bits per heavy atom. The Balaban J connectivity index is 1.68. The van der Waals surface area contributed by atoms with Gasteiger partial charge in [-0.3, -0.25) is 9.59 Å². The lowest BCUT2D eigenvalue weighted by molar-refractivity contribution is -0.112. The molecule has 0 saturated carbocycles. The van der Waals surface area contributed by atoms with Crippen LogP contribution < -0.4 is 10.6 Å². The lowest BCUT2D eigenvalue weighted by Gasteiger charge is -2.11. The molecule has 0 unspecified atom stereocenters. The molecule has 0 atom stereocenters. The van der Waals surface area contributed by atoms with E-state index in [9.17, 15) is 9.59 Å². The number of carbonyl (C=O) groups is 2. The number of hydrogen-bond acceptors (Lipinski definition) is 4. The van der Waals surface area contributed by atoms with Crippen LogP contribution in [0.3, 0.4) is 0 Å². The second kappa shape index (κ2) is 8.93. The summed E-state index contributed by atoms with van der Waals surface area (Å²) in [5, 5.41) is 5.56. The van der Waals surface area contributed by atoms with Crippen LogP contribution in [0.15, 0.2) is 63.5 Å². The first-order valence-corrected chi connectivity index (χ1v) is 9.11. The van der Waals surface area contributed by atoms with Gasteiger partial charge in [0.15, 0.2) is 0 Å². The zero-order chi connectivity index (χ0) is 20.8. The largest absolute Gasteiger partial charge is 0.462 e. The molecule has 0 spiro atoms. The number of aryl methyl sites for hydroxylation is 3. The lowest BCUT2D eigenvalue weighted by atomic mass is 10.2. The van der Waals surface area contributed by atoms with Gasteiger partial charge in [0.25, 0.3) is 0 Å². The van der Waals surface area contributed by atoms with Crippen molar-refractivity contribution in [1.82, 2.24) is 0 Å². The fourth-order valence-corrected chi connectivity index (χ4v) is 2.62. The van der Waals surface area contributed by atoms with E-state index in [0.717, 1.165) is 17.1 Å². The first kappa shape index (κ1) is 19.9. The second-order valence-electron chi connectivity index (χ2n) is 6.59. The van der Waals surface area contributed by atoms with Gasteiger partial charge in [-0.05, 0) is 74.9 Å². The molecule has 0 aliphatic heterocycles. The molecule has 0 radical (unpaired) electrons. The Morgan fingerprint density at radius 1 is 0.724 bits per heavy atom. The fourth-order valence-electron chi connectivity index (χ4n) is 2.62. The van der Waals surface area contributed by atoms with E-state index >= 15 is 0 Å². The minimum atomic E-state index is -0.333. The third-order valence-electron chi connectivity index (χ3n) is 4.01. The van der Waals surface area contributed by atoms with Gasteiger partial charge in [-0.25, -0.2) is 0 Å². The van der Waals surface area contributed by atoms with E-state index in [2.05, 4.69) is 10.6 Å². The van der Waals surface area contributed by atoms with Crippen LogP contribution in [0, 0.1) is 20.8 Å². The molecule has 1 aromatic carbocycles. The molecule has 0 aliphatic rings. The third-order valence-corrected chi connectivity index (χ3v) is 4.01. The minimum absolute atomic E-state index is 0.332. The van der Waals surface area contributed by atoms with Crippen LogP contribution in [0.4, 0.5) is 11.4 Å². The molecule has 29 heavy (non-hydrogen) atoms. The van der Waals surface area contributed by atoms with Crippen molar-refractivity contribution in [1.29, 1.82) is 0 Å². The van der Waals surface area contributed by atoms with Gasteiger partial charge in [0, 0.05) is 12.2 Å². The van der Waals surface area contributed by atoms with E-state index < -0.39 is 0 Å². The highest BCUT2D eigenvalue weighted by molar-refractivity contribution is 6.07. The van der Waals surface area contributed by atoms with E-state index in [0.29, 0.717) is 22.9 Å². The van der Waals surface area contributed by atoms with Crippen LogP contribution in [0.5, 0.6) is 0 Å². The van der Waals surface area contributed by atoms with E-state index in [4.69, 9.17) is 8.83 Å².